The largest absolute Gasteiger partial charge is 0.372 e. The minimum absolute atomic E-state index is 0.175. The van der Waals surface area contributed by atoms with Gasteiger partial charge < -0.3 is 15.5 Å². The van der Waals surface area contributed by atoms with Gasteiger partial charge in [-0.1, -0.05) is 12.1 Å². The van der Waals surface area contributed by atoms with Crippen LogP contribution in [0.3, 0.4) is 0 Å². The summed E-state index contributed by atoms with van der Waals surface area (Å²) in [6.07, 6.45) is 2.47. The molecule has 1 aromatic heterocycles. The van der Waals surface area contributed by atoms with Crippen molar-refractivity contribution in [3.63, 3.8) is 0 Å². The number of hydrogen-bond acceptors (Lipinski definition) is 4. The lowest BCUT2D eigenvalue weighted by molar-refractivity contribution is 0.101. The van der Waals surface area contributed by atoms with Crippen LogP contribution in [0.25, 0.3) is 0 Å². The molecule has 0 atom stereocenters. The van der Waals surface area contributed by atoms with Crippen LogP contribution >= 0.6 is 11.3 Å². The Balaban J connectivity index is 1.45. The molecule has 0 spiro atoms. The summed E-state index contributed by atoms with van der Waals surface area (Å²) in [7, 11) is 0. The average molecular weight is 406 g/mol. The number of amides is 2. The number of benzene rings is 2. The van der Waals surface area contributed by atoms with E-state index < -0.39 is 0 Å². The molecule has 2 N–H and O–H groups in total. The fraction of sp³-hybridized carbons (Fsp3) is 0.217. The molecule has 4 rings (SSSR count). The van der Waals surface area contributed by atoms with Crippen LogP contribution in [0, 0.1) is 6.92 Å². The van der Waals surface area contributed by atoms with Gasteiger partial charge in [-0.25, -0.2) is 0 Å². The van der Waals surface area contributed by atoms with Gasteiger partial charge >= 0.3 is 0 Å². The van der Waals surface area contributed by atoms with E-state index in [1.807, 2.05) is 24.4 Å². The number of anilines is 3. The maximum absolute atomic E-state index is 12.7. The number of nitrogens with zero attached hydrogens (tertiary/aromatic N) is 1. The number of hydrogen-bond donors (Lipinski definition) is 2. The molecule has 2 amide bonds. The minimum Gasteiger partial charge on any atom is -0.372 e. The zero-order valence-electron chi connectivity index (χ0n) is 16.3. The normalized spacial score (nSPS) is 13.3. The van der Waals surface area contributed by atoms with Gasteiger partial charge in [0, 0.05) is 35.7 Å². The fourth-order valence-corrected chi connectivity index (χ4v) is 4.11. The van der Waals surface area contributed by atoms with Gasteiger partial charge in [0.2, 0.25) is 0 Å². The van der Waals surface area contributed by atoms with Gasteiger partial charge in [0.05, 0.1) is 4.88 Å². The predicted octanol–water partition coefficient (Wildman–Crippen LogP) is 5.16. The summed E-state index contributed by atoms with van der Waals surface area (Å²) < 4.78 is 0. The molecule has 1 fully saturated rings. The monoisotopic (exact) mass is 405 g/mol. The van der Waals surface area contributed by atoms with E-state index in [1.54, 1.807) is 30.3 Å². The summed E-state index contributed by atoms with van der Waals surface area (Å²) in [6, 6.07) is 16.7. The van der Waals surface area contributed by atoms with Crippen molar-refractivity contribution in [2.45, 2.75) is 19.8 Å². The Kier molecular flexibility index (Phi) is 5.62. The summed E-state index contributed by atoms with van der Waals surface area (Å²) in [6.45, 7) is 4.19. The smallest absolute Gasteiger partial charge is 0.265 e. The van der Waals surface area contributed by atoms with Crippen molar-refractivity contribution >= 4 is 40.2 Å². The van der Waals surface area contributed by atoms with Gasteiger partial charge in [0.1, 0.15) is 0 Å². The fourth-order valence-electron chi connectivity index (χ4n) is 3.49. The van der Waals surface area contributed by atoms with Gasteiger partial charge in [-0.2, -0.15) is 0 Å². The van der Waals surface area contributed by atoms with E-state index in [0.717, 1.165) is 24.3 Å². The average Bonchev–Trinajstić information content (AvgIpc) is 3.44. The van der Waals surface area contributed by atoms with E-state index >= 15 is 0 Å². The first-order valence-corrected chi connectivity index (χ1v) is 10.6. The van der Waals surface area contributed by atoms with E-state index in [2.05, 4.69) is 27.7 Å². The van der Waals surface area contributed by atoms with Gasteiger partial charge in [-0.3, -0.25) is 9.59 Å². The lowest BCUT2D eigenvalue weighted by Crippen LogP contribution is -2.18. The van der Waals surface area contributed by atoms with Crippen molar-refractivity contribution < 1.29 is 9.59 Å². The third kappa shape index (κ3) is 4.49. The molecular formula is C23H23N3O2S. The zero-order chi connectivity index (χ0) is 20.2. The van der Waals surface area contributed by atoms with Crippen LogP contribution in [-0.4, -0.2) is 24.9 Å². The van der Waals surface area contributed by atoms with E-state index in [9.17, 15) is 9.59 Å². The molecule has 29 heavy (non-hydrogen) atoms. The van der Waals surface area contributed by atoms with Crippen molar-refractivity contribution in [3.8, 4) is 0 Å². The van der Waals surface area contributed by atoms with Crippen LogP contribution < -0.4 is 15.5 Å². The van der Waals surface area contributed by atoms with Crippen LogP contribution in [0.5, 0.6) is 0 Å². The van der Waals surface area contributed by atoms with E-state index in [-0.39, 0.29) is 11.8 Å². The molecule has 0 aliphatic carbocycles. The molecule has 0 unspecified atom stereocenters. The van der Waals surface area contributed by atoms with E-state index in [1.165, 1.54) is 29.9 Å². The van der Waals surface area contributed by atoms with Gasteiger partial charge in [0.25, 0.3) is 11.8 Å². The molecule has 1 aliphatic heterocycles. The van der Waals surface area contributed by atoms with Crippen molar-refractivity contribution in [2.24, 2.45) is 0 Å². The lowest BCUT2D eigenvalue weighted by atomic mass is 10.1. The van der Waals surface area contributed by atoms with Crippen molar-refractivity contribution in [3.05, 3.63) is 76.0 Å². The number of nitrogens with one attached hydrogen (secondary N) is 2. The summed E-state index contributed by atoms with van der Waals surface area (Å²) in [5.74, 6) is -0.375. The highest BCUT2D eigenvalue weighted by atomic mass is 32.1. The molecule has 2 heterocycles. The Hall–Kier alpha value is -3.12. The summed E-state index contributed by atoms with van der Waals surface area (Å²) in [5.41, 5.74) is 4.13. The maximum atomic E-state index is 12.7. The van der Waals surface area contributed by atoms with Gasteiger partial charge in [-0.05, 0) is 73.2 Å². The molecule has 2 aromatic carbocycles. The van der Waals surface area contributed by atoms with Gasteiger partial charge in [-0.15, -0.1) is 11.3 Å². The van der Waals surface area contributed by atoms with Crippen LogP contribution in [0.1, 0.15) is 38.4 Å². The van der Waals surface area contributed by atoms with Crippen molar-refractivity contribution in [2.75, 3.05) is 28.6 Å². The predicted molar refractivity (Wildman–Crippen MR) is 119 cm³/mol. The molecule has 148 valence electrons. The highest BCUT2D eigenvalue weighted by molar-refractivity contribution is 7.12. The molecule has 0 bridgehead atoms. The number of carbonyl (C=O) groups is 2. The molecule has 6 heteroatoms. The standard InChI is InChI=1S/C23H23N3O2S/c1-16-14-19(26-11-2-3-12-26)9-10-20(16)25-22(27)17-6-4-7-18(15-17)24-23(28)21-8-5-13-29-21/h4-10,13-15H,2-3,11-12H2,1H3,(H,24,28)(H,25,27). The molecule has 0 radical (unpaired) electrons. The molecule has 5 nitrogen and oxygen atoms in total. The van der Waals surface area contributed by atoms with Crippen LogP contribution in [0.2, 0.25) is 0 Å². The molecular weight excluding hydrogens is 382 g/mol. The first-order chi connectivity index (χ1) is 14.1. The first kappa shape index (κ1) is 19.2. The first-order valence-electron chi connectivity index (χ1n) is 9.72. The van der Waals surface area contributed by atoms with Crippen molar-refractivity contribution in [1.82, 2.24) is 0 Å². The number of thiophene rings is 1. The summed E-state index contributed by atoms with van der Waals surface area (Å²) in [5, 5.41) is 7.68. The second-order valence-electron chi connectivity index (χ2n) is 7.16. The quantitative estimate of drug-likeness (QED) is 0.616. The molecule has 0 saturated carbocycles. The highest BCUT2D eigenvalue weighted by Gasteiger charge is 2.15. The van der Waals surface area contributed by atoms with Crippen molar-refractivity contribution in [1.29, 1.82) is 0 Å². The Bertz CT molecular complexity index is 1020. The summed E-state index contributed by atoms with van der Waals surface area (Å²) >= 11 is 1.38. The molecule has 1 aliphatic rings. The third-order valence-electron chi connectivity index (χ3n) is 5.06. The topological polar surface area (TPSA) is 61.4 Å². The highest BCUT2D eigenvalue weighted by Crippen LogP contribution is 2.26. The van der Waals surface area contributed by atoms with Gasteiger partial charge in [0.15, 0.2) is 0 Å². The minimum atomic E-state index is -0.200. The Morgan fingerprint density at radius 3 is 2.48 bits per heavy atom. The van der Waals surface area contributed by atoms with E-state index in [4.69, 9.17) is 0 Å². The molecule has 3 aromatic rings. The Labute approximate surface area is 174 Å². The zero-order valence-corrected chi connectivity index (χ0v) is 17.1. The third-order valence-corrected chi connectivity index (χ3v) is 5.93. The second kappa shape index (κ2) is 8.49. The Morgan fingerprint density at radius 2 is 1.76 bits per heavy atom. The second-order valence-corrected chi connectivity index (χ2v) is 8.11. The molecule has 1 saturated heterocycles. The summed E-state index contributed by atoms with van der Waals surface area (Å²) in [4.78, 5) is 28.0. The van der Waals surface area contributed by atoms with Crippen LogP contribution in [-0.2, 0) is 0 Å². The maximum Gasteiger partial charge on any atom is 0.265 e. The van der Waals surface area contributed by atoms with Crippen LogP contribution in [0.15, 0.2) is 60.0 Å². The van der Waals surface area contributed by atoms with E-state index in [0.29, 0.717) is 16.1 Å². The lowest BCUT2D eigenvalue weighted by Gasteiger charge is -2.19. The number of rotatable bonds is 5. The number of carbonyl (C=O) groups excluding carboxylic acids is 2. The SMILES string of the molecule is Cc1cc(N2CCCC2)ccc1NC(=O)c1cccc(NC(=O)c2cccs2)c1. The Morgan fingerprint density at radius 1 is 0.931 bits per heavy atom. The number of aryl methyl sites for hydroxylation is 1. The van der Waals surface area contributed by atoms with Crippen LogP contribution in [0.4, 0.5) is 17.1 Å².